The molecule has 6 rings (SSSR count). The Morgan fingerprint density at radius 1 is 1.04 bits per heavy atom. The number of rotatable bonds is 12. The molecule has 48 heavy (non-hydrogen) atoms. The number of fused-ring (bicyclic) bond motifs is 1. The zero-order chi connectivity index (χ0) is 33.9. The smallest absolute Gasteiger partial charge is 0.305 e. The van der Waals surface area contributed by atoms with Crippen molar-refractivity contribution in [1.82, 2.24) is 19.4 Å². The molecule has 0 saturated carbocycles. The third-order valence-electron chi connectivity index (χ3n) is 9.43. The second-order valence-corrected chi connectivity index (χ2v) is 15.0. The van der Waals surface area contributed by atoms with E-state index in [1.54, 1.807) is 18.4 Å². The lowest BCUT2D eigenvalue weighted by molar-refractivity contribution is -0.140. The standard InChI is InChI=1S/C35H39I2N5O5S/c1-40-20-28(27-6-4-5-7-30(27)40)34(45)39-29-11-22(14-36)21(10-23(29)15-37)12-32(43)42-17-24(41-18-25(19-41)46-2)13-31(42)35-38-16-26(48-35)8-9-33(44)47-3/h4-7,10-11,16,20,24-25,31H,8-9,12-15,17-19H2,1-3H3,(H,39,45)/t24-,31-/m0/s1. The van der Waals surface area contributed by atoms with Gasteiger partial charge in [0.2, 0.25) is 5.91 Å². The summed E-state index contributed by atoms with van der Waals surface area (Å²) in [6, 6.07) is 12.1. The summed E-state index contributed by atoms with van der Waals surface area (Å²) >= 11 is 6.23. The molecule has 2 saturated heterocycles. The molecule has 0 bridgehead atoms. The van der Waals surface area contributed by atoms with Crippen LogP contribution in [0.2, 0.25) is 0 Å². The Labute approximate surface area is 311 Å². The van der Waals surface area contributed by atoms with E-state index in [1.165, 1.54) is 7.11 Å². The van der Waals surface area contributed by atoms with Crippen LogP contribution in [0.25, 0.3) is 10.9 Å². The number of carbonyl (C=O) groups excluding carboxylic acids is 3. The van der Waals surface area contributed by atoms with E-state index in [4.69, 9.17) is 14.5 Å². The third-order valence-corrected chi connectivity index (χ3v) is 12.2. The van der Waals surface area contributed by atoms with Gasteiger partial charge in [0.15, 0.2) is 0 Å². The molecule has 0 radical (unpaired) electrons. The summed E-state index contributed by atoms with van der Waals surface area (Å²) in [6.45, 7) is 2.36. The summed E-state index contributed by atoms with van der Waals surface area (Å²) in [5.41, 5.74) is 5.40. The molecule has 2 amide bonds. The Kier molecular flexibility index (Phi) is 11.4. The van der Waals surface area contributed by atoms with Crippen LogP contribution in [0.5, 0.6) is 0 Å². The molecule has 1 N–H and O–H groups in total. The number of hydrogen-bond acceptors (Lipinski definition) is 8. The largest absolute Gasteiger partial charge is 0.469 e. The van der Waals surface area contributed by atoms with Gasteiger partial charge in [-0.05, 0) is 41.7 Å². The van der Waals surface area contributed by atoms with Crippen molar-refractivity contribution in [2.45, 2.75) is 52.7 Å². The summed E-state index contributed by atoms with van der Waals surface area (Å²) in [5.74, 6) is -0.330. The molecule has 0 aliphatic carbocycles. The molecule has 2 aromatic heterocycles. The summed E-state index contributed by atoms with van der Waals surface area (Å²) in [6.07, 6.45) is 5.88. The number of hydrogen-bond donors (Lipinski definition) is 1. The lowest BCUT2D eigenvalue weighted by Crippen LogP contribution is -2.56. The van der Waals surface area contributed by atoms with Crippen LogP contribution >= 0.6 is 56.5 Å². The number of nitrogens with one attached hydrogen (secondary N) is 1. The number of thiazole rings is 1. The van der Waals surface area contributed by atoms with Crippen LogP contribution in [0, 0.1) is 0 Å². The fourth-order valence-corrected chi connectivity index (χ4v) is 9.04. The first-order valence-corrected chi connectivity index (χ1v) is 19.8. The van der Waals surface area contributed by atoms with Crippen molar-refractivity contribution in [2.24, 2.45) is 7.05 Å². The number of nitrogens with zero attached hydrogens (tertiary/aromatic N) is 4. The molecule has 2 aliphatic heterocycles. The minimum Gasteiger partial charge on any atom is -0.469 e. The second-order valence-electron chi connectivity index (χ2n) is 12.4. The van der Waals surface area contributed by atoms with Crippen molar-refractivity contribution in [3.63, 3.8) is 0 Å². The lowest BCUT2D eigenvalue weighted by atomic mass is 10.00. The van der Waals surface area contributed by atoms with Gasteiger partial charge in [0.1, 0.15) is 5.01 Å². The van der Waals surface area contributed by atoms with Gasteiger partial charge in [-0.25, -0.2) is 4.98 Å². The van der Waals surface area contributed by atoms with E-state index in [9.17, 15) is 14.4 Å². The van der Waals surface area contributed by atoms with Gasteiger partial charge in [-0.1, -0.05) is 69.4 Å². The Hall–Kier alpha value is -2.60. The second kappa shape index (κ2) is 15.5. The Balaban J connectivity index is 1.22. The van der Waals surface area contributed by atoms with E-state index in [-0.39, 0.29) is 42.4 Å². The van der Waals surface area contributed by atoms with Crippen molar-refractivity contribution < 1.29 is 23.9 Å². The Morgan fingerprint density at radius 2 is 1.81 bits per heavy atom. The van der Waals surface area contributed by atoms with E-state index in [0.29, 0.717) is 33.8 Å². The van der Waals surface area contributed by atoms with E-state index in [0.717, 1.165) is 62.7 Å². The number of methoxy groups -OCH3 is 2. The number of aryl methyl sites for hydroxylation is 2. The average Bonchev–Trinajstić information content (AvgIpc) is 3.81. The number of halogens is 2. The molecule has 0 unspecified atom stereocenters. The fourth-order valence-electron chi connectivity index (χ4n) is 6.66. The highest BCUT2D eigenvalue weighted by atomic mass is 127. The molecule has 254 valence electrons. The molecular weight excluding hydrogens is 856 g/mol. The number of ether oxygens (including phenoxy) is 2. The molecule has 10 nitrogen and oxygen atoms in total. The molecule has 0 spiro atoms. The van der Waals surface area contributed by atoms with E-state index >= 15 is 0 Å². The highest BCUT2D eigenvalue weighted by Crippen LogP contribution is 2.39. The Morgan fingerprint density at radius 3 is 2.54 bits per heavy atom. The minimum absolute atomic E-state index is 0.0654. The van der Waals surface area contributed by atoms with Crippen LogP contribution in [0.1, 0.15) is 55.8 Å². The number of anilines is 1. The fraction of sp³-hybridized carbons (Fsp3) is 0.429. The van der Waals surface area contributed by atoms with Crippen LogP contribution in [0.4, 0.5) is 5.69 Å². The molecule has 2 atom stereocenters. The van der Waals surface area contributed by atoms with Gasteiger partial charge in [-0.2, -0.15) is 0 Å². The average molecular weight is 896 g/mol. The van der Waals surface area contributed by atoms with Crippen LogP contribution in [-0.2, 0) is 47.8 Å². The van der Waals surface area contributed by atoms with E-state index in [1.807, 2.05) is 59.2 Å². The molecule has 4 heterocycles. The highest BCUT2D eigenvalue weighted by Gasteiger charge is 2.43. The number of likely N-dealkylation sites (tertiary alicyclic amines) is 2. The molecule has 2 fully saturated rings. The Bertz CT molecular complexity index is 1820. The summed E-state index contributed by atoms with van der Waals surface area (Å²) < 4.78 is 13.7. The van der Waals surface area contributed by atoms with Crippen molar-refractivity contribution in [2.75, 3.05) is 39.2 Å². The molecular formula is C35H39I2N5O5S. The van der Waals surface area contributed by atoms with Crippen LogP contribution in [-0.4, -0.2) is 83.1 Å². The minimum atomic E-state index is -0.246. The van der Waals surface area contributed by atoms with Crippen molar-refractivity contribution in [3.05, 3.63) is 80.9 Å². The van der Waals surface area contributed by atoms with Crippen molar-refractivity contribution in [1.29, 1.82) is 0 Å². The van der Waals surface area contributed by atoms with Gasteiger partial charge >= 0.3 is 5.97 Å². The maximum absolute atomic E-state index is 14.2. The van der Waals surface area contributed by atoms with Gasteiger partial charge < -0.3 is 24.3 Å². The van der Waals surface area contributed by atoms with Gasteiger partial charge in [-0.3, -0.25) is 19.3 Å². The maximum Gasteiger partial charge on any atom is 0.305 e. The van der Waals surface area contributed by atoms with Gasteiger partial charge in [0.25, 0.3) is 5.91 Å². The number of amides is 2. The maximum atomic E-state index is 14.2. The quantitative estimate of drug-likeness (QED) is 0.105. The number of benzene rings is 2. The number of aromatic nitrogens is 2. The first-order chi connectivity index (χ1) is 23.2. The van der Waals surface area contributed by atoms with Crippen LogP contribution < -0.4 is 5.32 Å². The molecule has 4 aromatic rings. The van der Waals surface area contributed by atoms with Gasteiger partial charge in [-0.15, -0.1) is 11.3 Å². The highest BCUT2D eigenvalue weighted by molar-refractivity contribution is 14.1. The topological polar surface area (TPSA) is 106 Å². The number of para-hydroxylation sites is 1. The number of carbonyl (C=O) groups is 3. The molecule has 13 heteroatoms. The predicted molar refractivity (Wildman–Crippen MR) is 204 cm³/mol. The van der Waals surface area contributed by atoms with E-state index < -0.39 is 0 Å². The zero-order valence-corrected chi connectivity index (χ0v) is 32.3. The summed E-state index contributed by atoms with van der Waals surface area (Å²) in [4.78, 5) is 49.6. The van der Waals surface area contributed by atoms with E-state index in [2.05, 4.69) is 61.5 Å². The number of alkyl halides is 2. The SMILES string of the molecule is COC(=O)CCc1cnc([C@@H]2C[C@H](N3CC(OC)C3)CN2C(=O)Cc2cc(CI)c(NC(=O)c3cn(C)c4ccccc34)cc2CI)s1. The number of esters is 1. The molecule has 2 aromatic carbocycles. The zero-order valence-electron chi connectivity index (χ0n) is 27.2. The van der Waals surface area contributed by atoms with Crippen molar-refractivity contribution >= 4 is 90.9 Å². The molecule has 2 aliphatic rings. The lowest BCUT2D eigenvalue weighted by Gasteiger charge is -2.42. The summed E-state index contributed by atoms with van der Waals surface area (Å²) in [7, 11) is 5.09. The normalized spacial score (nSPS) is 18.3. The van der Waals surface area contributed by atoms with Gasteiger partial charge in [0, 0.05) is 82.5 Å². The first kappa shape index (κ1) is 35.2. The van der Waals surface area contributed by atoms with Crippen LogP contribution in [0.3, 0.4) is 0 Å². The third kappa shape index (κ3) is 7.44. The van der Waals surface area contributed by atoms with Crippen LogP contribution in [0.15, 0.2) is 48.8 Å². The monoisotopic (exact) mass is 895 g/mol. The first-order valence-electron chi connectivity index (χ1n) is 15.9. The van der Waals surface area contributed by atoms with Crippen molar-refractivity contribution in [3.8, 4) is 0 Å². The summed E-state index contributed by atoms with van der Waals surface area (Å²) in [5, 5.41) is 5.00. The van der Waals surface area contributed by atoms with Gasteiger partial charge in [0.05, 0.1) is 37.7 Å². The predicted octanol–water partition coefficient (Wildman–Crippen LogP) is 6.08.